The number of rotatable bonds is 26. The maximum absolute atomic E-state index is 12.3. The number of aliphatic hydroxyl groups is 5. The molecule has 0 amide bonds. The fourth-order valence-corrected chi connectivity index (χ4v) is 6.36. The first-order valence-electron chi connectivity index (χ1n) is 17.6. The second kappa shape index (κ2) is 21.4. The topological polar surface area (TPSA) is 154 Å². The molecule has 9 heteroatoms. The number of hydrogen-bond acceptors (Lipinski definition) is 9. The molecular weight excluding hydrogens is 564 g/mol. The lowest BCUT2D eigenvalue weighted by atomic mass is 9.98. The van der Waals surface area contributed by atoms with E-state index >= 15 is 0 Å². The summed E-state index contributed by atoms with van der Waals surface area (Å²) in [5, 5.41) is 51.3. The van der Waals surface area contributed by atoms with Crippen molar-refractivity contribution < 1.29 is 44.6 Å². The van der Waals surface area contributed by atoms with Gasteiger partial charge >= 0.3 is 5.97 Å². The quantitative estimate of drug-likeness (QED) is 0.0613. The first kappa shape index (κ1) is 38.8. The zero-order valence-corrected chi connectivity index (χ0v) is 27.5. The molecule has 9 nitrogen and oxygen atoms in total. The highest BCUT2D eigenvalue weighted by atomic mass is 16.7. The first-order chi connectivity index (χ1) is 21.0. The Balaban J connectivity index is 1.46. The molecule has 0 spiro atoms. The van der Waals surface area contributed by atoms with Crippen LogP contribution in [0.3, 0.4) is 0 Å². The molecule has 7 atom stereocenters. The normalized spacial score (nSPS) is 24.6. The molecule has 5 N–H and O–H groups in total. The highest BCUT2D eigenvalue weighted by Crippen LogP contribution is 2.29. The molecule has 2 rings (SSSR count). The van der Waals surface area contributed by atoms with E-state index in [0.717, 1.165) is 32.1 Å². The molecule has 0 aliphatic carbocycles. The number of hydrogen-bond donors (Lipinski definition) is 5. The monoisotopic (exact) mass is 626 g/mol. The van der Waals surface area contributed by atoms with Crippen LogP contribution in [0.5, 0.6) is 0 Å². The van der Waals surface area contributed by atoms with Crippen molar-refractivity contribution in [1.29, 1.82) is 0 Å². The molecule has 0 radical (unpaired) electrons. The number of ketones is 1. The predicted molar refractivity (Wildman–Crippen MR) is 170 cm³/mol. The van der Waals surface area contributed by atoms with Gasteiger partial charge in [-0.2, -0.15) is 0 Å². The van der Waals surface area contributed by atoms with Gasteiger partial charge in [0.2, 0.25) is 5.79 Å². The largest absolute Gasteiger partial charge is 0.426 e. The Kier molecular flexibility index (Phi) is 18.9. The van der Waals surface area contributed by atoms with Gasteiger partial charge in [0, 0.05) is 31.8 Å². The minimum Gasteiger partial charge on any atom is -0.426 e. The molecule has 0 aromatic heterocycles. The third-order valence-electron chi connectivity index (χ3n) is 9.00. The van der Waals surface area contributed by atoms with Crippen LogP contribution in [-0.2, 0) is 19.1 Å². The molecular formula is C35H62O9. The molecule has 44 heavy (non-hydrogen) atoms. The summed E-state index contributed by atoms with van der Waals surface area (Å²) in [6.07, 6.45) is 16.6. The van der Waals surface area contributed by atoms with E-state index in [-0.39, 0.29) is 36.4 Å². The molecule has 0 unspecified atom stereocenters. The Labute approximate surface area is 265 Å². The summed E-state index contributed by atoms with van der Waals surface area (Å²) in [5.41, 5.74) is 0.236. The Hall–Kier alpha value is -1.36. The van der Waals surface area contributed by atoms with Crippen molar-refractivity contribution in [2.75, 3.05) is 0 Å². The maximum atomic E-state index is 12.3. The van der Waals surface area contributed by atoms with Crippen molar-refractivity contribution in [3.8, 4) is 0 Å². The van der Waals surface area contributed by atoms with Crippen molar-refractivity contribution in [2.45, 2.75) is 198 Å². The lowest BCUT2D eigenvalue weighted by Gasteiger charge is -2.22. The average Bonchev–Trinajstić information content (AvgIpc) is 3.55. The zero-order chi connectivity index (χ0) is 32.4. The summed E-state index contributed by atoms with van der Waals surface area (Å²) in [6.45, 7) is 3.59. The molecule has 256 valence electrons. The van der Waals surface area contributed by atoms with Crippen LogP contribution in [-0.4, -0.2) is 79.7 Å². The lowest BCUT2D eigenvalue weighted by molar-refractivity contribution is -0.173. The summed E-state index contributed by atoms with van der Waals surface area (Å²) in [4.78, 5) is 24.0. The molecule has 2 aliphatic heterocycles. The molecule has 0 saturated carbocycles. The van der Waals surface area contributed by atoms with E-state index in [0.29, 0.717) is 44.9 Å². The van der Waals surface area contributed by atoms with Gasteiger partial charge in [-0.25, -0.2) is 4.79 Å². The molecule has 0 aromatic carbocycles. The van der Waals surface area contributed by atoms with Crippen LogP contribution < -0.4 is 0 Å². The summed E-state index contributed by atoms with van der Waals surface area (Å²) >= 11 is 0. The van der Waals surface area contributed by atoms with Gasteiger partial charge in [0.05, 0.1) is 36.6 Å². The van der Waals surface area contributed by atoms with E-state index in [2.05, 4.69) is 6.92 Å². The number of cyclic esters (lactones) is 1. The van der Waals surface area contributed by atoms with E-state index < -0.39 is 36.2 Å². The number of unbranched alkanes of at least 4 members (excludes halogenated alkanes) is 10. The predicted octanol–water partition coefficient (Wildman–Crippen LogP) is 5.56. The molecule has 1 saturated heterocycles. The molecule has 2 aliphatic rings. The van der Waals surface area contributed by atoms with Crippen molar-refractivity contribution in [1.82, 2.24) is 0 Å². The third kappa shape index (κ3) is 16.3. The van der Waals surface area contributed by atoms with Crippen LogP contribution in [0.4, 0.5) is 0 Å². The fraction of sp³-hybridized carbons (Fsp3) is 0.886. The van der Waals surface area contributed by atoms with Crippen LogP contribution in [0, 0.1) is 0 Å². The number of esters is 1. The van der Waals surface area contributed by atoms with Crippen LogP contribution in [0.1, 0.15) is 155 Å². The van der Waals surface area contributed by atoms with Gasteiger partial charge in [-0.15, -0.1) is 0 Å². The Morgan fingerprint density at radius 3 is 1.86 bits per heavy atom. The minimum atomic E-state index is -1.64. The highest BCUT2D eigenvalue weighted by Gasteiger charge is 2.35. The summed E-state index contributed by atoms with van der Waals surface area (Å²) in [6, 6.07) is 0. The molecule has 0 aromatic rings. The SMILES string of the molecule is CCCCCCCCCCCC[C@H](O)[C@H]1CC[C@H]([C@H](O)CCCCC(=O)C[C@H](O)CCC[C@@H](O)CC2=C[C@](C)(O)OC2=O)O1. The molecule has 1 fully saturated rings. The number of carbonyl (C=O) groups excluding carboxylic acids is 2. The fourth-order valence-electron chi connectivity index (χ4n) is 6.36. The van der Waals surface area contributed by atoms with Gasteiger partial charge in [0.15, 0.2) is 0 Å². The second-order valence-electron chi connectivity index (χ2n) is 13.4. The molecule has 0 bridgehead atoms. The van der Waals surface area contributed by atoms with Crippen LogP contribution in [0.25, 0.3) is 0 Å². The number of carbonyl (C=O) groups is 2. The van der Waals surface area contributed by atoms with Crippen LogP contribution in [0.2, 0.25) is 0 Å². The van der Waals surface area contributed by atoms with Gasteiger partial charge < -0.3 is 35.0 Å². The van der Waals surface area contributed by atoms with Crippen molar-refractivity contribution in [3.63, 3.8) is 0 Å². The van der Waals surface area contributed by atoms with E-state index in [1.54, 1.807) is 0 Å². The van der Waals surface area contributed by atoms with Gasteiger partial charge in [0.25, 0.3) is 0 Å². The average molecular weight is 627 g/mol. The standard InChI is InChI=1S/C35H62O9/c1-3-4-5-6-7-8-9-10-11-12-19-30(39)32-21-22-33(43-32)31(40)20-14-13-16-28(37)24-29(38)18-15-17-27(36)23-26-25-35(2,42)44-34(26)41/h25,27,29-33,36,38-40,42H,3-24H2,1-2H3/t27-,29-,30+,31-,32-,33-,35-/m1/s1. The number of ether oxygens (including phenoxy) is 2. The highest BCUT2D eigenvalue weighted by molar-refractivity contribution is 5.91. The van der Waals surface area contributed by atoms with Gasteiger partial charge in [-0.05, 0) is 57.4 Å². The van der Waals surface area contributed by atoms with Crippen molar-refractivity contribution in [3.05, 3.63) is 11.6 Å². The molecule has 2 heterocycles. The minimum absolute atomic E-state index is 0.0269. The zero-order valence-electron chi connectivity index (χ0n) is 27.5. The van der Waals surface area contributed by atoms with E-state index in [4.69, 9.17) is 9.47 Å². The van der Waals surface area contributed by atoms with Crippen LogP contribution >= 0.6 is 0 Å². The van der Waals surface area contributed by atoms with E-state index in [1.165, 1.54) is 64.4 Å². The lowest BCUT2D eigenvalue weighted by Crippen LogP contribution is -2.31. The van der Waals surface area contributed by atoms with Gasteiger partial charge in [-0.3, -0.25) is 4.79 Å². The second-order valence-corrected chi connectivity index (χ2v) is 13.4. The van der Waals surface area contributed by atoms with Gasteiger partial charge in [0.1, 0.15) is 5.78 Å². The van der Waals surface area contributed by atoms with Crippen molar-refractivity contribution in [2.24, 2.45) is 0 Å². The van der Waals surface area contributed by atoms with Gasteiger partial charge in [-0.1, -0.05) is 77.6 Å². The third-order valence-corrected chi connectivity index (χ3v) is 9.00. The summed E-state index contributed by atoms with van der Waals surface area (Å²) < 4.78 is 10.8. The maximum Gasteiger partial charge on any atom is 0.336 e. The Morgan fingerprint density at radius 1 is 0.795 bits per heavy atom. The summed E-state index contributed by atoms with van der Waals surface area (Å²) in [7, 11) is 0. The number of Topliss-reactive ketones (excluding diaryl/α,β-unsaturated/α-hetero) is 1. The summed E-state index contributed by atoms with van der Waals surface area (Å²) in [5.74, 6) is -2.30. The number of aliphatic hydroxyl groups excluding tert-OH is 4. The first-order valence-corrected chi connectivity index (χ1v) is 17.6. The Morgan fingerprint density at radius 2 is 1.32 bits per heavy atom. The smallest absolute Gasteiger partial charge is 0.336 e. The Bertz CT molecular complexity index is 842. The van der Waals surface area contributed by atoms with E-state index in [1.807, 2.05) is 0 Å². The van der Waals surface area contributed by atoms with Crippen molar-refractivity contribution >= 4 is 11.8 Å². The van der Waals surface area contributed by atoms with Crippen LogP contribution in [0.15, 0.2) is 11.6 Å². The van der Waals surface area contributed by atoms with E-state index in [9.17, 15) is 35.1 Å².